The van der Waals surface area contributed by atoms with Gasteiger partial charge in [-0.1, -0.05) is 6.92 Å². The van der Waals surface area contributed by atoms with Crippen LogP contribution in [0.4, 0.5) is 5.13 Å². The highest BCUT2D eigenvalue weighted by molar-refractivity contribution is 7.13. The van der Waals surface area contributed by atoms with Crippen molar-refractivity contribution in [2.75, 3.05) is 50.7 Å². The highest BCUT2D eigenvalue weighted by Crippen LogP contribution is 2.31. The number of piperidine rings is 1. The number of rotatable bonds is 4. The molecule has 0 aliphatic carbocycles. The van der Waals surface area contributed by atoms with Gasteiger partial charge in [0.25, 0.3) is 0 Å². The molecule has 2 aliphatic rings. The van der Waals surface area contributed by atoms with Gasteiger partial charge in [0.2, 0.25) is 0 Å². The van der Waals surface area contributed by atoms with Crippen molar-refractivity contribution in [1.29, 1.82) is 0 Å². The van der Waals surface area contributed by atoms with E-state index in [0.29, 0.717) is 5.41 Å². The molecule has 5 heteroatoms. The quantitative estimate of drug-likeness (QED) is 0.921. The zero-order valence-corrected chi connectivity index (χ0v) is 13.3. The summed E-state index contributed by atoms with van der Waals surface area (Å²) in [6.07, 6.45) is 5.94. The molecule has 1 aromatic rings. The van der Waals surface area contributed by atoms with Gasteiger partial charge in [-0.3, -0.25) is 4.90 Å². The summed E-state index contributed by atoms with van der Waals surface area (Å²) < 4.78 is 0. The first-order chi connectivity index (χ1) is 9.81. The van der Waals surface area contributed by atoms with Crippen molar-refractivity contribution in [3.05, 3.63) is 11.6 Å². The van der Waals surface area contributed by atoms with Crippen LogP contribution in [0.15, 0.2) is 11.6 Å². The lowest BCUT2D eigenvalue weighted by Gasteiger charge is -2.43. The van der Waals surface area contributed by atoms with Crippen molar-refractivity contribution < 1.29 is 0 Å². The first-order valence-corrected chi connectivity index (χ1v) is 8.77. The number of anilines is 1. The average Bonchev–Trinajstić information content (AvgIpc) is 3.03. The van der Waals surface area contributed by atoms with E-state index in [1.165, 1.54) is 57.1 Å². The second kappa shape index (κ2) is 6.41. The summed E-state index contributed by atoms with van der Waals surface area (Å²) in [6.45, 7) is 10.7. The Labute approximate surface area is 126 Å². The number of thiazole rings is 1. The second-order valence-corrected chi connectivity index (χ2v) is 7.08. The Morgan fingerprint density at radius 3 is 2.80 bits per heavy atom. The maximum atomic E-state index is 4.43. The van der Waals surface area contributed by atoms with E-state index in [1.54, 1.807) is 11.3 Å². The molecule has 0 amide bonds. The van der Waals surface area contributed by atoms with Gasteiger partial charge in [-0.2, -0.15) is 0 Å². The fraction of sp³-hybridized carbons (Fsp3) is 0.800. The van der Waals surface area contributed by atoms with Crippen LogP contribution in [-0.4, -0.2) is 55.7 Å². The molecule has 4 nitrogen and oxygen atoms in total. The third kappa shape index (κ3) is 3.15. The Bertz CT molecular complexity index is 392. The highest BCUT2D eigenvalue weighted by atomic mass is 32.1. The van der Waals surface area contributed by atoms with Crippen LogP contribution in [0.2, 0.25) is 0 Å². The van der Waals surface area contributed by atoms with Crippen molar-refractivity contribution in [2.24, 2.45) is 5.41 Å². The smallest absolute Gasteiger partial charge is 0.185 e. The summed E-state index contributed by atoms with van der Waals surface area (Å²) in [5, 5.41) is 6.86. The number of aromatic nitrogens is 1. The van der Waals surface area contributed by atoms with Gasteiger partial charge in [0.1, 0.15) is 0 Å². The number of hydrogen-bond acceptors (Lipinski definition) is 5. The molecule has 0 aromatic carbocycles. The van der Waals surface area contributed by atoms with Crippen LogP contribution in [0.25, 0.3) is 0 Å². The molecular formula is C15H26N4S. The van der Waals surface area contributed by atoms with Crippen molar-refractivity contribution >= 4 is 16.5 Å². The van der Waals surface area contributed by atoms with Gasteiger partial charge in [0.15, 0.2) is 5.13 Å². The summed E-state index contributed by atoms with van der Waals surface area (Å²) in [4.78, 5) is 9.52. The number of piperazine rings is 1. The Balaban J connectivity index is 1.53. The molecule has 1 unspecified atom stereocenters. The number of hydrogen-bond donors (Lipinski definition) is 1. The minimum atomic E-state index is 0.515. The van der Waals surface area contributed by atoms with Gasteiger partial charge < -0.3 is 10.2 Å². The largest absolute Gasteiger partial charge is 0.346 e. The molecule has 0 spiro atoms. The van der Waals surface area contributed by atoms with E-state index in [-0.39, 0.29) is 0 Å². The minimum absolute atomic E-state index is 0.515. The van der Waals surface area contributed by atoms with E-state index in [4.69, 9.17) is 0 Å². The predicted octanol–water partition coefficient (Wildman–Crippen LogP) is 2.04. The lowest BCUT2D eigenvalue weighted by Crippen LogP contribution is -2.53. The van der Waals surface area contributed by atoms with E-state index in [9.17, 15) is 0 Å². The van der Waals surface area contributed by atoms with Gasteiger partial charge in [-0.15, -0.1) is 11.3 Å². The molecule has 0 bridgehead atoms. The first-order valence-electron chi connectivity index (χ1n) is 7.89. The normalized spacial score (nSPS) is 28.8. The Hall–Kier alpha value is -0.650. The summed E-state index contributed by atoms with van der Waals surface area (Å²) in [7, 11) is 0. The monoisotopic (exact) mass is 294 g/mol. The van der Waals surface area contributed by atoms with Crippen LogP contribution >= 0.6 is 11.3 Å². The lowest BCUT2D eigenvalue weighted by molar-refractivity contribution is 0.107. The Kier molecular flexibility index (Phi) is 4.58. The molecular weight excluding hydrogens is 268 g/mol. The predicted molar refractivity (Wildman–Crippen MR) is 85.6 cm³/mol. The Morgan fingerprint density at radius 1 is 1.35 bits per heavy atom. The van der Waals surface area contributed by atoms with Crippen molar-refractivity contribution in [2.45, 2.75) is 26.2 Å². The molecule has 0 saturated carbocycles. The van der Waals surface area contributed by atoms with Crippen molar-refractivity contribution in [3.8, 4) is 0 Å². The van der Waals surface area contributed by atoms with E-state index >= 15 is 0 Å². The molecule has 2 aliphatic heterocycles. The molecule has 0 radical (unpaired) electrons. The fourth-order valence-electron chi connectivity index (χ4n) is 3.52. The van der Waals surface area contributed by atoms with Gasteiger partial charge in [0.05, 0.1) is 0 Å². The van der Waals surface area contributed by atoms with Crippen LogP contribution in [0.5, 0.6) is 0 Å². The minimum Gasteiger partial charge on any atom is -0.346 e. The van der Waals surface area contributed by atoms with Crippen LogP contribution in [0.3, 0.4) is 0 Å². The second-order valence-electron chi connectivity index (χ2n) is 6.21. The molecule has 3 heterocycles. The average molecular weight is 294 g/mol. The third-order valence-electron chi connectivity index (χ3n) is 4.93. The van der Waals surface area contributed by atoms with Crippen LogP contribution in [0, 0.1) is 5.41 Å². The van der Waals surface area contributed by atoms with E-state index in [0.717, 1.165) is 13.1 Å². The van der Waals surface area contributed by atoms with Gasteiger partial charge in [0, 0.05) is 50.8 Å². The summed E-state index contributed by atoms with van der Waals surface area (Å²) in [5.41, 5.74) is 0.515. The molecule has 1 aromatic heterocycles. The van der Waals surface area contributed by atoms with Gasteiger partial charge in [-0.25, -0.2) is 4.98 Å². The molecule has 1 atom stereocenters. The van der Waals surface area contributed by atoms with Crippen molar-refractivity contribution in [1.82, 2.24) is 15.2 Å². The molecule has 112 valence electrons. The molecule has 3 rings (SSSR count). The topological polar surface area (TPSA) is 31.4 Å². The summed E-state index contributed by atoms with van der Waals surface area (Å²) >= 11 is 1.76. The molecule has 2 saturated heterocycles. The SMILES string of the molecule is CCC1(CN2CCN(c3nccs3)CC2)CCCNC1. The summed E-state index contributed by atoms with van der Waals surface area (Å²) in [5.74, 6) is 0. The van der Waals surface area contributed by atoms with Crippen LogP contribution in [0.1, 0.15) is 26.2 Å². The van der Waals surface area contributed by atoms with E-state index in [2.05, 4.69) is 32.4 Å². The third-order valence-corrected chi connectivity index (χ3v) is 5.76. The molecule has 1 N–H and O–H groups in total. The number of nitrogens with zero attached hydrogens (tertiary/aromatic N) is 3. The first kappa shape index (κ1) is 14.3. The van der Waals surface area contributed by atoms with E-state index in [1.807, 2.05) is 6.20 Å². The Morgan fingerprint density at radius 2 is 2.20 bits per heavy atom. The number of nitrogens with one attached hydrogen (secondary N) is 1. The highest BCUT2D eigenvalue weighted by Gasteiger charge is 2.33. The van der Waals surface area contributed by atoms with E-state index < -0.39 is 0 Å². The molecule has 20 heavy (non-hydrogen) atoms. The fourth-order valence-corrected chi connectivity index (χ4v) is 4.22. The van der Waals surface area contributed by atoms with Gasteiger partial charge in [-0.05, 0) is 31.2 Å². The van der Waals surface area contributed by atoms with Gasteiger partial charge >= 0.3 is 0 Å². The zero-order valence-electron chi connectivity index (χ0n) is 12.5. The van der Waals surface area contributed by atoms with Crippen molar-refractivity contribution in [3.63, 3.8) is 0 Å². The van der Waals surface area contributed by atoms with Crippen LogP contribution in [-0.2, 0) is 0 Å². The zero-order chi connectivity index (χ0) is 13.8. The molecule has 2 fully saturated rings. The summed E-state index contributed by atoms with van der Waals surface area (Å²) in [6, 6.07) is 0. The maximum absolute atomic E-state index is 4.43. The maximum Gasteiger partial charge on any atom is 0.185 e. The standard InChI is InChI=1S/C15H26N4S/c1-2-15(4-3-5-16-12-15)13-18-7-9-19(10-8-18)14-17-6-11-20-14/h6,11,16H,2-5,7-10,12-13H2,1H3. The van der Waals surface area contributed by atoms with Crippen LogP contribution < -0.4 is 10.2 Å². The lowest BCUT2D eigenvalue weighted by atomic mass is 9.78.